The standard InChI is InChI=1S/C25H25FN2O3/c1-3-27-24(29)15-18-7-11-22(12-8-18)28(17-19-9-13-23(31-2)14-10-19)25(30)20-5-4-6-21(26)16-20/h4-14,16H,3,15,17H2,1-2H3,(H,27,29). The first kappa shape index (κ1) is 22.0. The van der Waals surface area contributed by atoms with Crippen LogP contribution < -0.4 is 15.0 Å². The molecule has 1 N–H and O–H groups in total. The number of hydrogen-bond donors (Lipinski definition) is 1. The topological polar surface area (TPSA) is 58.6 Å². The van der Waals surface area contributed by atoms with Crippen LogP contribution in [0.3, 0.4) is 0 Å². The Hall–Kier alpha value is -3.67. The van der Waals surface area contributed by atoms with Gasteiger partial charge in [-0.15, -0.1) is 0 Å². The van der Waals surface area contributed by atoms with Crippen LogP contribution in [0, 0.1) is 5.82 Å². The molecular weight excluding hydrogens is 395 g/mol. The lowest BCUT2D eigenvalue weighted by Crippen LogP contribution is -2.30. The first-order valence-corrected chi connectivity index (χ1v) is 10.1. The molecule has 0 spiro atoms. The fraction of sp³-hybridized carbons (Fsp3) is 0.200. The van der Waals surface area contributed by atoms with Crippen molar-refractivity contribution in [3.05, 3.63) is 95.3 Å². The third-order valence-electron chi connectivity index (χ3n) is 4.80. The van der Waals surface area contributed by atoms with E-state index < -0.39 is 5.82 Å². The molecule has 0 unspecified atom stereocenters. The molecule has 3 rings (SSSR count). The number of carbonyl (C=O) groups excluding carboxylic acids is 2. The van der Waals surface area contributed by atoms with Crippen LogP contribution >= 0.6 is 0 Å². The van der Waals surface area contributed by atoms with Gasteiger partial charge in [0.2, 0.25) is 5.91 Å². The number of rotatable bonds is 8. The number of hydrogen-bond acceptors (Lipinski definition) is 3. The van der Waals surface area contributed by atoms with Crippen molar-refractivity contribution in [2.45, 2.75) is 19.9 Å². The highest BCUT2D eigenvalue weighted by Gasteiger charge is 2.19. The van der Waals surface area contributed by atoms with Crippen LogP contribution in [0.5, 0.6) is 5.75 Å². The highest BCUT2D eigenvalue weighted by atomic mass is 19.1. The van der Waals surface area contributed by atoms with Gasteiger partial charge < -0.3 is 15.0 Å². The quantitative estimate of drug-likeness (QED) is 0.589. The van der Waals surface area contributed by atoms with E-state index in [9.17, 15) is 14.0 Å². The number of halogens is 1. The van der Waals surface area contributed by atoms with Gasteiger partial charge in [0.05, 0.1) is 20.1 Å². The summed E-state index contributed by atoms with van der Waals surface area (Å²) in [5.41, 5.74) is 2.67. The molecule has 0 aromatic heterocycles. The Morgan fingerprint density at radius 1 is 0.968 bits per heavy atom. The van der Waals surface area contributed by atoms with Gasteiger partial charge in [-0.05, 0) is 60.5 Å². The van der Waals surface area contributed by atoms with E-state index in [1.165, 1.54) is 18.2 Å². The number of methoxy groups -OCH3 is 1. The lowest BCUT2D eigenvalue weighted by Gasteiger charge is -2.24. The molecule has 0 aliphatic carbocycles. The van der Waals surface area contributed by atoms with E-state index in [0.717, 1.165) is 16.9 Å². The van der Waals surface area contributed by atoms with Crippen molar-refractivity contribution >= 4 is 17.5 Å². The van der Waals surface area contributed by atoms with Gasteiger partial charge in [0.15, 0.2) is 0 Å². The molecule has 160 valence electrons. The zero-order valence-corrected chi connectivity index (χ0v) is 17.6. The molecule has 31 heavy (non-hydrogen) atoms. The minimum atomic E-state index is -0.465. The van der Waals surface area contributed by atoms with Gasteiger partial charge in [-0.1, -0.05) is 30.3 Å². The summed E-state index contributed by atoms with van der Waals surface area (Å²) in [6.45, 7) is 2.75. The van der Waals surface area contributed by atoms with Gasteiger partial charge >= 0.3 is 0 Å². The third-order valence-corrected chi connectivity index (χ3v) is 4.80. The minimum Gasteiger partial charge on any atom is -0.497 e. The average Bonchev–Trinajstić information content (AvgIpc) is 2.78. The van der Waals surface area contributed by atoms with Crippen molar-refractivity contribution in [3.63, 3.8) is 0 Å². The number of ether oxygens (including phenoxy) is 1. The maximum absolute atomic E-state index is 13.7. The Balaban J connectivity index is 1.89. The Bertz CT molecular complexity index is 1030. The monoisotopic (exact) mass is 420 g/mol. The number of benzene rings is 3. The average molecular weight is 420 g/mol. The molecule has 6 heteroatoms. The van der Waals surface area contributed by atoms with Crippen molar-refractivity contribution in [3.8, 4) is 5.75 Å². The predicted octanol–water partition coefficient (Wildman–Crippen LogP) is 4.36. The largest absolute Gasteiger partial charge is 0.497 e. The van der Waals surface area contributed by atoms with Gasteiger partial charge in [-0.3, -0.25) is 9.59 Å². The van der Waals surface area contributed by atoms with Crippen LogP contribution in [-0.2, 0) is 17.8 Å². The smallest absolute Gasteiger partial charge is 0.258 e. The SMILES string of the molecule is CCNC(=O)Cc1ccc(N(Cc2ccc(OC)cc2)C(=O)c2cccc(F)c2)cc1. The lowest BCUT2D eigenvalue weighted by atomic mass is 10.1. The van der Waals surface area contributed by atoms with Crippen LogP contribution in [0.15, 0.2) is 72.8 Å². The Morgan fingerprint density at radius 2 is 1.65 bits per heavy atom. The summed E-state index contributed by atoms with van der Waals surface area (Å²) in [5.74, 6) is -0.109. The van der Waals surface area contributed by atoms with E-state index in [2.05, 4.69) is 5.32 Å². The zero-order chi connectivity index (χ0) is 22.2. The summed E-state index contributed by atoms with van der Waals surface area (Å²) in [7, 11) is 1.59. The number of nitrogens with one attached hydrogen (secondary N) is 1. The molecule has 0 heterocycles. The first-order valence-electron chi connectivity index (χ1n) is 10.1. The highest BCUT2D eigenvalue weighted by molar-refractivity contribution is 6.06. The number of anilines is 1. The highest BCUT2D eigenvalue weighted by Crippen LogP contribution is 2.23. The first-order chi connectivity index (χ1) is 15.0. The van der Waals surface area contributed by atoms with Crippen molar-refractivity contribution in [2.24, 2.45) is 0 Å². The summed E-state index contributed by atoms with van der Waals surface area (Å²) >= 11 is 0. The maximum atomic E-state index is 13.7. The van der Waals surface area contributed by atoms with Crippen molar-refractivity contribution in [1.29, 1.82) is 0 Å². The molecule has 3 aromatic rings. The summed E-state index contributed by atoms with van der Waals surface area (Å²) < 4.78 is 18.9. The summed E-state index contributed by atoms with van der Waals surface area (Å²) in [5, 5.41) is 2.77. The molecular formula is C25H25FN2O3. The molecule has 2 amide bonds. The molecule has 0 saturated carbocycles. The van der Waals surface area contributed by atoms with Gasteiger partial charge in [-0.25, -0.2) is 4.39 Å². The molecule has 3 aromatic carbocycles. The molecule has 0 aliphatic heterocycles. The van der Waals surface area contributed by atoms with E-state index in [4.69, 9.17) is 4.74 Å². The Morgan fingerprint density at radius 3 is 2.26 bits per heavy atom. The number of likely N-dealkylation sites (N-methyl/N-ethyl adjacent to an activating group) is 1. The second-order valence-corrected chi connectivity index (χ2v) is 7.05. The fourth-order valence-electron chi connectivity index (χ4n) is 3.21. The van der Waals surface area contributed by atoms with E-state index in [1.54, 1.807) is 30.2 Å². The number of nitrogens with zero attached hydrogens (tertiary/aromatic N) is 1. The second-order valence-electron chi connectivity index (χ2n) is 7.05. The van der Waals surface area contributed by atoms with Crippen LogP contribution in [-0.4, -0.2) is 25.5 Å². The molecule has 5 nitrogen and oxygen atoms in total. The molecule has 0 fully saturated rings. The van der Waals surface area contributed by atoms with Crippen LogP contribution in [0.4, 0.5) is 10.1 Å². The van der Waals surface area contributed by atoms with Crippen molar-refractivity contribution < 1.29 is 18.7 Å². The van der Waals surface area contributed by atoms with E-state index in [1.807, 2.05) is 43.3 Å². The number of amides is 2. The molecule has 0 atom stereocenters. The Labute approximate surface area is 181 Å². The van der Waals surface area contributed by atoms with Crippen molar-refractivity contribution in [1.82, 2.24) is 5.32 Å². The van der Waals surface area contributed by atoms with E-state index >= 15 is 0 Å². The number of carbonyl (C=O) groups is 2. The predicted molar refractivity (Wildman–Crippen MR) is 119 cm³/mol. The van der Waals surface area contributed by atoms with E-state index in [-0.39, 0.29) is 23.8 Å². The summed E-state index contributed by atoms with van der Waals surface area (Å²) in [6, 6.07) is 20.3. The van der Waals surface area contributed by atoms with Gasteiger partial charge in [0.25, 0.3) is 5.91 Å². The lowest BCUT2D eigenvalue weighted by molar-refractivity contribution is -0.120. The Kier molecular flexibility index (Phi) is 7.38. The molecule has 0 saturated heterocycles. The third kappa shape index (κ3) is 5.92. The van der Waals surface area contributed by atoms with E-state index in [0.29, 0.717) is 18.8 Å². The van der Waals surface area contributed by atoms with Crippen LogP contribution in [0.25, 0.3) is 0 Å². The minimum absolute atomic E-state index is 0.0545. The summed E-state index contributed by atoms with van der Waals surface area (Å²) in [4.78, 5) is 26.7. The molecule has 0 aliphatic rings. The fourth-order valence-corrected chi connectivity index (χ4v) is 3.21. The van der Waals surface area contributed by atoms with Gasteiger partial charge in [0.1, 0.15) is 11.6 Å². The molecule has 0 radical (unpaired) electrons. The van der Waals surface area contributed by atoms with Gasteiger partial charge in [0, 0.05) is 17.8 Å². The second kappa shape index (κ2) is 10.4. The van der Waals surface area contributed by atoms with Crippen LogP contribution in [0.1, 0.15) is 28.4 Å². The molecule has 0 bridgehead atoms. The maximum Gasteiger partial charge on any atom is 0.258 e. The van der Waals surface area contributed by atoms with Gasteiger partial charge in [-0.2, -0.15) is 0 Å². The normalized spacial score (nSPS) is 10.4. The zero-order valence-electron chi connectivity index (χ0n) is 17.6. The summed E-state index contributed by atoms with van der Waals surface area (Å²) in [6.07, 6.45) is 0.268. The van der Waals surface area contributed by atoms with Crippen LogP contribution in [0.2, 0.25) is 0 Å². The van der Waals surface area contributed by atoms with Crippen molar-refractivity contribution in [2.75, 3.05) is 18.6 Å².